The van der Waals surface area contributed by atoms with Crippen molar-refractivity contribution in [3.05, 3.63) is 84.2 Å². The molecule has 0 aliphatic heterocycles. The van der Waals surface area contributed by atoms with Gasteiger partial charge in [0.25, 0.3) is 5.91 Å². The molecule has 1 N–H and O–H groups in total. The first-order valence-corrected chi connectivity index (χ1v) is 11.3. The van der Waals surface area contributed by atoms with Crippen LogP contribution in [0, 0.1) is 5.82 Å². The van der Waals surface area contributed by atoms with E-state index in [0.29, 0.717) is 17.1 Å². The van der Waals surface area contributed by atoms with Crippen molar-refractivity contribution < 1.29 is 17.6 Å². The second-order valence-corrected chi connectivity index (χ2v) is 9.29. The van der Waals surface area contributed by atoms with Crippen molar-refractivity contribution >= 4 is 33.0 Å². The van der Waals surface area contributed by atoms with Gasteiger partial charge in [0.2, 0.25) is 10.0 Å². The Bertz CT molecular complexity index is 1230. The van der Waals surface area contributed by atoms with Crippen LogP contribution in [0.1, 0.15) is 24.2 Å². The third kappa shape index (κ3) is 5.43. The molecule has 3 aromatic carbocycles. The lowest BCUT2D eigenvalue weighted by Crippen LogP contribution is -2.33. The van der Waals surface area contributed by atoms with Gasteiger partial charge < -0.3 is 5.32 Å². The highest BCUT2D eigenvalue weighted by atomic mass is 32.2. The Kier molecular flexibility index (Phi) is 7.12. The number of nitrogens with one attached hydrogen (secondary N) is 1. The zero-order valence-corrected chi connectivity index (χ0v) is 18.7. The molecule has 0 aliphatic carbocycles. The van der Waals surface area contributed by atoms with Gasteiger partial charge in [-0.3, -0.25) is 4.79 Å². The number of rotatable bonds is 7. The second kappa shape index (κ2) is 9.80. The van der Waals surface area contributed by atoms with Crippen molar-refractivity contribution in [2.45, 2.75) is 24.8 Å². The molecule has 0 atom stereocenters. The molecule has 0 fully saturated rings. The van der Waals surface area contributed by atoms with Gasteiger partial charge in [-0.2, -0.15) is 14.5 Å². The van der Waals surface area contributed by atoms with Crippen LogP contribution in [-0.4, -0.2) is 31.7 Å². The summed E-state index contributed by atoms with van der Waals surface area (Å²) in [6.45, 7) is 3.44. The van der Waals surface area contributed by atoms with E-state index in [1.807, 2.05) is 30.3 Å². The van der Waals surface area contributed by atoms with Gasteiger partial charge in [0, 0.05) is 18.8 Å². The molecule has 3 aromatic rings. The zero-order valence-electron chi connectivity index (χ0n) is 17.9. The maximum Gasteiger partial charge on any atom is 0.258 e. The van der Waals surface area contributed by atoms with Crippen molar-refractivity contribution in [3.8, 4) is 0 Å². The van der Waals surface area contributed by atoms with E-state index in [1.165, 1.54) is 7.05 Å². The molecular weight excluding hydrogens is 431 g/mol. The van der Waals surface area contributed by atoms with Crippen LogP contribution in [0.15, 0.2) is 87.9 Å². The fourth-order valence-electron chi connectivity index (χ4n) is 2.70. The van der Waals surface area contributed by atoms with Crippen LogP contribution in [0.5, 0.6) is 0 Å². The summed E-state index contributed by atoms with van der Waals surface area (Å²) in [7, 11) is -2.42. The molecule has 0 heterocycles. The molecule has 0 unspecified atom stereocenters. The number of hydrogen-bond acceptors (Lipinski definition) is 5. The van der Waals surface area contributed by atoms with Gasteiger partial charge in [0.1, 0.15) is 5.82 Å². The summed E-state index contributed by atoms with van der Waals surface area (Å²) in [5.41, 5.74) is 1.32. The molecule has 0 spiro atoms. The quantitative estimate of drug-likeness (QED) is 0.476. The van der Waals surface area contributed by atoms with Crippen LogP contribution in [-0.2, 0) is 10.0 Å². The number of hydrogen-bond donors (Lipinski definition) is 1. The number of azo groups is 1. The lowest BCUT2D eigenvalue weighted by Gasteiger charge is -2.21. The molecule has 0 radical (unpaired) electrons. The van der Waals surface area contributed by atoms with Crippen LogP contribution in [0.3, 0.4) is 0 Å². The monoisotopic (exact) mass is 454 g/mol. The minimum absolute atomic E-state index is 0.156. The summed E-state index contributed by atoms with van der Waals surface area (Å²) >= 11 is 0. The predicted octanol–water partition coefficient (Wildman–Crippen LogP) is 5.52. The minimum Gasteiger partial charge on any atom is -0.322 e. The summed E-state index contributed by atoms with van der Waals surface area (Å²) in [6.07, 6.45) is 0. The molecule has 0 aromatic heterocycles. The highest BCUT2D eigenvalue weighted by molar-refractivity contribution is 7.89. The number of anilines is 1. The fraction of sp³-hybridized carbons (Fsp3) is 0.174. The molecule has 0 bridgehead atoms. The van der Waals surface area contributed by atoms with Gasteiger partial charge in [0.15, 0.2) is 0 Å². The van der Waals surface area contributed by atoms with Gasteiger partial charge in [-0.05, 0) is 68.4 Å². The SMILES string of the molecule is CC(C)N(C)S(=O)(=O)c1ccc(F)c(C(=O)Nc2ccc(N=Nc3ccccc3)cc2)c1. The number of carbonyl (C=O) groups is 1. The fourth-order valence-corrected chi connectivity index (χ4v) is 4.10. The maximum atomic E-state index is 14.3. The van der Waals surface area contributed by atoms with Gasteiger partial charge in [-0.1, -0.05) is 18.2 Å². The van der Waals surface area contributed by atoms with E-state index < -0.39 is 21.7 Å². The first-order valence-electron chi connectivity index (χ1n) is 9.84. The molecule has 166 valence electrons. The van der Waals surface area contributed by atoms with E-state index in [4.69, 9.17) is 0 Å². The van der Waals surface area contributed by atoms with E-state index in [1.54, 1.807) is 38.1 Å². The Balaban J connectivity index is 1.76. The van der Waals surface area contributed by atoms with Crippen molar-refractivity contribution in [3.63, 3.8) is 0 Å². The van der Waals surface area contributed by atoms with Crippen LogP contribution >= 0.6 is 0 Å². The molecule has 0 aliphatic rings. The number of sulfonamides is 1. The zero-order chi connectivity index (χ0) is 23.3. The van der Waals surface area contributed by atoms with Crippen LogP contribution in [0.2, 0.25) is 0 Å². The van der Waals surface area contributed by atoms with Crippen molar-refractivity contribution in [1.82, 2.24) is 4.31 Å². The van der Waals surface area contributed by atoms with E-state index in [-0.39, 0.29) is 16.5 Å². The predicted molar refractivity (Wildman–Crippen MR) is 121 cm³/mol. The minimum atomic E-state index is -3.85. The molecule has 7 nitrogen and oxygen atoms in total. The van der Waals surface area contributed by atoms with Crippen LogP contribution in [0.4, 0.5) is 21.5 Å². The molecule has 9 heteroatoms. The number of benzene rings is 3. The number of amides is 1. The summed E-state index contributed by atoms with van der Waals surface area (Å²) < 4.78 is 40.8. The summed E-state index contributed by atoms with van der Waals surface area (Å²) in [5.74, 6) is -1.58. The van der Waals surface area contributed by atoms with E-state index in [2.05, 4.69) is 15.5 Å². The second-order valence-electron chi connectivity index (χ2n) is 7.29. The molecule has 1 amide bonds. The summed E-state index contributed by atoms with van der Waals surface area (Å²) in [6, 6.07) is 18.6. The van der Waals surface area contributed by atoms with Gasteiger partial charge in [-0.25, -0.2) is 12.8 Å². The van der Waals surface area contributed by atoms with Gasteiger partial charge in [-0.15, -0.1) is 0 Å². The smallest absolute Gasteiger partial charge is 0.258 e. The molecule has 0 saturated carbocycles. The lowest BCUT2D eigenvalue weighted by molar-refractivity contribution is 0.102. The molecule has 0 saturated heterocycles. The first kappa shape index (κ1) is 23.2. The highest BCUT2D eigenvalue weighted by Gasteiger charge is 2.25. The normalized spacial score (nSPS) is 11.9. The van der Waals surface area contributed by atoms with E-state index >= 15 is 0 Å². The standard InChI is InChI=1S/C23H23FN4O3S/c1-16(2)28(3)32(30,31)20-13-14-22(24)21(15-20)23(29)25-17-9-11-19(12-10-17)27-26-18-7-5-4-6-8-18/h4-16H,1-3H3,(H,25,29). The van der Waals surface area contributed by atoms with Crippen molar-refractivity contribution in [2.24, 2.45) is 10.2 Å². The van der Waals surface area contributed by atoms with E-state index in [0.717, 1.165) is 22.5 Å². The van der Waals surface area contributed by atoms with Crippen LogP contribution in [0.25, 0.3) is 0 Å². The molecule has 32 heavy (non-hydrogen) atoms. The van der Waals surface area contributed by atoms with Crippen molar-refractivity contribution in [2.75, 3.05) is 12.4 Å². The van der Waals surface area contributed by atoms with Gasteiger partial charge in [0.05, 0.1) is 21.8 Å². The largest absolute Gasteiger partial charge is 0.322 e. The Morgan fingerprint density at radius 2 is 1.53 bits per heavy atom. The average molecular weight is 455 g/mol. The van der Waals surface area contributed by atoms with E-state index in [9.17, 15) is 17.6 Å². The Morgan fingerprint density at radius 1 is 0.938 bits per heavy atom. The maximum absolute atomic E-state index is 14.3. The molecular formula is C23H23FN4O3S. The highest BCUT2D eigenvalue weighted by Crippen LogP contribution is 2.23. The molecule has 3 rings (SSSR count). The number of halogens is 1. The summed E-state index contributed by atoms with van der Waals surface area (Å²) in [4.78, 5) is 12.5. The topological polar surface area (TPSA) is 91.2 Å². The van der Waals surface area contributed by atoms with Gasteiger partial charge >= 0.3 is 0 Å². The van der Waals surface area contributed by atoms with Crippen LogP contribution < -0.4 is 5.32 Å². The Morgan fingerprint density at radius 3 is 2.12 bits per heavy atom. The number of carbonyl (C=O) groups excluding carboxylic acids is 1. The third-order valence-electron chi connectivity index (χ3n) is 4.75. The summed E-state index contributed by atoms with van der Waals surface area (Å²) in [5, 5.41) is 10.8. The lowest BCUT2D eigenvalue weighted by atomic mass is 10.2. The number of nitrogens with zero attached hydrogens (tertiary/aromatic N) is 3. The third-order valence-corrected chi connectivity index (χ3v) is 6.78. The Hall–Kier alpha value is -3.43. The first-order chi connectivity index (χ1) is 15.2. The Labute approximate surface area is 186 Å². The average Bonchev–Trinajstić information content (AvgIpc) is 2.78. The van der Waals surface area contributed by atoms with Crippen molar-refractivity contribution in [1.29, 1.82) is 0 Å².